The minimum absolute atomic E-state index is 0.0126. The lowest BCUT2D eigenvalue weighted by atomic mass is 9.96. The molecule has 1 saturated heterocycles. The fourth-order valence-electron chi connectivity index (χ4n) is 3.54. The number of phenolic OH excluding ortho intramolecular Hbond substituents is 1. The minimum Gasteiger partial charge on any atom is -0.504 e. The molecule has 29 heavy (non-hydrogen) atoms. The zero-order valence-electron chi connectivity index (χ0n) is 17.8. The number of ether oxygens (including phenoxy) is 1. The molecule has 3 rings (SSSR count). The first kappa shape index (κ1) is 21.2. The number of aromatic hydroxyl groups is 1. The predicted molar refractivity (Wildman–Crippen MR) is 113 cm³/mol. The smallest absolute Gasteiger partial charge is 0.230 e. The lowest BCUT2D eigenvalue weighted by Gasteiger charge is -2.33. The van der Waals surface area contributed by atoms with Gasteiger partial charge in [-0.2, -0.15) is 5.10 Å². The van der Waals surface area contributed by atoms with Crippen molar-refractivity contribution in [2.24, 2.45) is 5.41 Å². The van der Waals surface area contributed by atoms with Crippen LogP contribution in [0.15, 0.2) is 30.5 Å². The summed E-state index contributed by atoms with van der Waals surface area (Å²) in [5.41, 5.74) is 0.433. The maximum Gasteiger partial charge on any atom is 0.230 e. The van der Waals surface area contributed by atoms with Gasteiger partial charge in [0.15, 0.2) is 11.5 Å². The van der Waals surface area contributed by atoms with Crippen molar-refractivity contribution in [2.75, 3.05) is 25.0 Å². The summed E-state index contributed by atoms with van der Waals surface area (Å²) in [6.45, 7) is 10.6. The number of piperidine rings is 1. The van der Waals surface area contributed by atoms with Crippen LogP contribution in [0.4, 0.5) is 5.82 Å². The molecule has 0 saturated carbocycles. The molecule has 158 valence electrons. The van der Waals surface area contributed by atoms with E-state index >= 15 is 0 Å². The van der Waals surface area contributed by atoms with Crippen molar-refractivity contribution >= 4 is 11.7 Å². The maximum atomic E-state index is 12.3. The second-order valence-electron chi connectivity index (χ2n) is 8.57. The number of benzene rings is 1. The van der Waals surface area contributed by atoms with Crippen LogP contribution < -0.4 is 10.1 Å². The lowest BCUT2D eigenvalue weighted by Crippen LogP contribution is -2.35. The maximum absolute atomic E-state index is 12.3. The summed E-state index contributed by atoms with van der Waals surface area (Å²) in [5, 5.41) is 17.9. The Kier molecular flexibility index (Phi) is 6.47. The Bertz CT molecular complexity index is 833. The number of hydrogen-bond acceptors (Lipinski definition) is 5. The largest absolute Gasteiger partial charge is 0.504 e. The van der Waals surface area contributed by atoms with Crippen molar-refractivity contribution < 1.29 is 14.6 Å². The minimum atomic E-state index is -0.448. The van der Waals surface area contributed by atoms with E-state index < -0.39 is 5.41 Å². The molecule has 0 bridgehead atoms. The Labute approximate surface area is 172 Å². The molecule has 2 heterocycles. The number of aromatic nitrogens is 2. The molecule has 0 atom stereocenters. The zero-order valence-corrected chi connectivity index (χ0v) is 17.8. The molecule has 0 spiro atoms. The number of carbonyl (C=O) groups is 1. The predicted octanol–water partition coefficient (Wildman–Crippen LogP) is 3.81. The van der Waals surface area contributed by atoms with Gasteiger partial charge in [0.25, 0.3) is 0 Å². The van der Waals surface area contributed by atoms with E-state index in [-0.39, 0.29) is 17.7 Å². The Balaban J connectivity index is 1.60. The first-order valence-corrected chi connectivity index (χ1v) is 10.3. The fraction of sp³-hybridized carbons (Fsp3) is 0.545. The summed E-state index contributed by atoms with van der Waals surface area (Å²) < 4.78 is 7.43. The standard InChI is InChI=1S/C22H32N4O3/c1-5-29-18-8-6-7-16(20(18)27)15-25-13-10-17(11-14-25)26-19(9-12-23-26)24-21(28)22(2,3)4/h6-9,12,17,27H,5,10-11,13-15H2,1-4H3,(H,24,28). The van der Waals surface area contributed by atoms with Gasteiger partial charge in [-0.25, -0.2) is 4.68 Å². The summed E-state index contributed by atoms with van der Waals surface area (Å²) in [6.07, 6.45) is 3.61. The van der Waals surface area contributed by atoms with Gasteiger partial charge in [-0.3, -0.25) is 9.69 Å². The fourth-order valence-corrected chi connectivity index (χ4v) is 3.54. The van der Waals surface area contributed by atoms with Crippen LogP contribution in [-0.2, 0) is 11.3 Å². The van der Waals surface area contributed by atoms with Gasteiger partial charge in [-0.05, 0) is 25.8 Å². The summed E-state index contributed by atoms with van der Waals surface area (Å²) in [7, 11) is 0. The second-order valence-corrected chi connectivity index (χ2v) is 8.57. The van der Waals surface area contributed by atoms with Gasteiger partial charge in [-0.1, -0.05) is 32.9 Å². The summed E-state index contributed by atoms with van der Waals surface area (Å²) in [5.74, 6) is 1.51. The van der Waals surface area contributed by atoms with Crippen molar-refractivity contribution in [1.82, 2.24) is 14.7 Å². The third-order valence-corrected chi connectivity index (χ3v) is 5.27. The van der Waals surface area contributed by atoms with Crippen LogP contribution in [0.3, 0.4) is 0 Å². The highest BCUT2D eigenvalue weighted by Gasteiger charge is 2.26. The quantitative estimate of drug-likeness (QED) is 0.771. The molecule has 1 aliphatic rings. The highest BCUT2D eigenvalue weighted by Crippen LogP contribution is 2.32. The number of hydrogen-bond donors (Lipinski definition) is 2. The molecule has 7 nitrogen and oxygen atoms in total. The van der Waals surface area contributed by atoms with Crippen molar-refractivity contribution in [3.8, 4) is 11.5 Å². The van der Waals surface area contributed by atoms with Crippen LogP contribution >= 0.6 is 0 Å². The monoisotopic (exact) mass is 400 g/mol. The van der Waals surface area contributed by atoms with Crippen LogP contribution in [0.5, 0.6) is 11.5 Å². The third kappa shape index (κ3) is 5.09. The van der Waals surface area contributed by atoms with Gasteiger partial charge >= 0.3 is 0 Å². The van der Waals surface area contributed by atoms with E-state index in [9.17, 15) is 9.90 Å². The molecule has 7 heteroatoms. The number of carbonyl (C=O) groups excluding carboxylic acids is 1. The number of phenols is 1. The second kappa shape index (κ2) is 8.86. The van der Waals surface area contributed by atoms with Gasteiger partial charge in [0.2, 0.25) is 5.91 Å². The van der Waals surface area contributed by atoms with Crippen molar-refractivity contribution in [1.29, 1.82) is 0 Å². The van der Waals surface area contributed by atoms with Crippen molar-refractivity contribution in [2.45, 2.75) is 53.1 Å². The molecule has 2 aromatic rings. The van der Waals surface area contributed by atoms with E-state index in [2.05, 4.69) is 15.3 Å². The molecule has 2 N–H and O–H groups in total. The first-order chi connectivity index (χ1) is 13.8. The van der Waals surface area contributed by atoms with E-state index in [4.69, 9.17) is 4.74 Å². The number of amides is 1. The first-order valence-electron chi connectivity index (χ1n) is 10.3. The van der Waals surface area contributed by atoms with Gasteiger partial charge in [0, 0.05) is 36.7 Å². The highest BCUT2D eigenvalue weighted by molar-refractivity contribution is 5.93. The van der Waals surface area contributed by atoms with Crippen molar-refractivity contribution in [3.05, 3.63) is 36.0 Å². The Morgan fingerprint density at radius 3 is 2.66 bits per heavy atom. The van der Waals surface area contributed by atoms with Gasteiger partial charge in [-0.15, -0.1) is 0 Å². The number of nitrogens with zero attached hydrogens (tertiary/aromatic N) is 3. The average molecular weight is 401 g/mol. The number of likely N-dealkylation sites (tertiary alicyclic amines) is 1. The van der Waals surface area contributed by atoms with Crippen LogP contribution in [0, 0.1) is 5.41 Å². The number of anilines is 1. The molecule has 1 amide bonds. The van der Waals surface area contributed by atoms with E-state index in [1.165, 1.54) is 0 Å². The van der Waals surface area contributed by atoms with Crippen LogP contribution in [-0.4, -0.2) is 45.4 Å². The molecule has 1 fully saturated rings. The third-order valence-electron chi connectivity index (χ3n) is 5.27. The zero-order chi connectivity index (χ0) is 21.0. The summed E-state index contributed by atoms with van der Waals surface area (Å²) in [6, 6.07) is 7.76. The van der Waals surface area contributed by atoms with Gasteiger partial charge in [0.1, 0.15) is 5.82 Å². The van der Waals surface area contributed by atoms with Gasteiger partial charge < -0.3 is 15.2 Å². The number of para-hydroxylation sites is 1. The molecular weight excluding hydrogens is 368 g/mol. The van der Waals surface area contributed by atoms with E-state index in [1.54, 1.807) is 12.3 Å². The van der Waals surface area contributed by atoms with Crippen LogP contribution in [0.25, 0.3) is 0 Å². The molecule has 0 unspecified atom stereocenters. The number of nitrogens with one attached hydrogen (secondary N) is 1. The van der Waals surface area contributed by atoms with E-state index in [1.807, 2.05) is 50.6 Å². The summed E-state index contributed by atoms with van der Waals surface area (Å²) in [4.78, 5) is 14.7. The van der Waals surface area contributed by atoms with Crippen LogP contribution in [0.1, 0.15) is 52.1 Å². The topological polar surface area (TPSA) is 79.6 Å². The molecule has 0 radical (unpaired) electrons. The molecule has 1 aliphatic heterocycles. The number of rotatable bonds is 6. The Morgan fingerprint density at radius 1 is 1.28 bits per heavy atom. The van der Waals surface area contributed by atoms with Crippen LogP contribution in [0.2, 0.25) is 0 Å². The molecule has 1 aromatic heterocycles. The SMILES string of the molecule is CCOc1cccc(CN2CCC(n3nccc3NC(=O)C(C)(C)C)CC2)c1O. The van der Waals surface area contributed by atoms with E-state index in [0.717, 1.165) is 37.3 Å². The average Bonchev–Trinajstić information content (AvgIpc) is 3.13. The van der Waals surface area contributed by atoms with Gasteiger partial charge in [0.05, 0.1) is 18.8 Å². The van der Waals surface area contributed by atoms with E-state index in [0.29, 0.717) is 18.9 Å². The normalized spacial score (nSPS) is 16.0. The highest BCUT2D eigenvalue weighted by atomic mass is 16.5. The molecule has 1 aromatic carbocycles. The molecular formula is C22H32N4O3. The molecule has 0 aliphatic carbocycles. The summed E-state index contributed by atoms with van der Waals surface area (Å²) >= 11 is 0. The van der Waals surface area contributed by atoms with Crippen molar-refractivity contribution in [3.63, 3.8) is 0 Å². The Hall–Kier alpha value is -2.54. The lowest BCUT2D eigenvalue weighted by molar-refractivity contribution is -0.123. The Morgan fingerprint density at radius 2 is 2.00 bits per heavy atom.